The van der Waals surface area contributed by atoms with Crippen LogP contribution in [0.3, 0.4) is 0 Å². The van der Waals surface area contributed by atoms with Crippen molar-refractivity contribution >= 4 is 54.8 Å². The number of thiazole rings is 1. The van der Waals surface area contributed by atoms with Crippen molar-refractivity contribution in [2.75, 3.05) is 37.8 Å². The fourth-order valence-electron chi connectivity index (χ4n) is 3.34. The van der Waals surface area contributed by atoms with Gasteiger partial charge in [-0.25, -0.2) is 13.4 Å². The summed E-state index contributed by atoms with van der Waals surface area (Å²) in [4.78, 5) is 22.1. The Bertz CT molecular complexity index is 1180. The van der Waals surface area contributed by atoms with Crippen LogP contribution in [0.15, 0.2) is 47.4 Å². The molecule has 0 spiro atoms. The van der Waals surface area contributed by atoms with Crippen molar-refractivity contribution in [2.24, 2.45) is 0 Å². The van der Waals surface area contributed by atoms with Crippen LogP contribution in [0.25, 0.3) is 10.2 Å². The highest BCUT2D eigenvalue weighted by Crippen LogP contribution is 2.31. The van der Waals surface area contributed by atoms with Gasteiger partial charge in [-0.1, -0.05) is 43.4 Å². The van der Waals surface area contributed by atoms with Crippen LogP contribution in [0, 0.1) is 0 Å². The van der Waals surface area contributed by atoms with E-state index < -0.39 is 9.84 Å². The topological polar surface area (TPSA) is 70.6 Å². The monoisotopic (exact) mass is 495 g/mol. The van der Waals surface area contributed by atoms with Gasteiger partial charge in [0.2, 0.25) is 0 Å². The summed E-state index contributed by atoms with van der Waals surface area (Å²) in [5.74, 6) is -0.389. The lowest BCUT2D eigenvalue weighted by molar-refractivity contribution is 0.0983. The second-order valence-electron chi connectivity index (χ2n) is 7.67. The van der Waals surface area contributed by atoms with Crippen LogP contribution in [0.5, 0.6) is 0 Å². The molecule has 0 atom stereocenters. The predicted molar refractivity (Wildman–Crippen MR) is 135 cm³/mol. The summed E-state index contributed by atoms with van der Waals surface area (Å²) in [5, 5.41) is 0.593. The highest BCUT2D eigenvalue weighted by Gasteiger charge is 2.27. The van der Waals surface area contributed by atoms with Crippen LogP contribution >= 0.6 is 23.7 Å². The van der Waals surface area contributed by atoms with E-state index in [9.17, 15) is 13.2 Å². The summed E-state index contributed by atoms with van der Waals surface area (Å²) >= 11 is 1.47. The van der Waals surface area contributed by atoms with Gasteiger partial charge >= 0.3 is 0 Å². The molecule has 0 radical (unpaired) electrons. The minimum Gasteiger partial charge on any atom is -0.309 e. The largest absolute Gasteiger partial charge is 0.309 e. The van der Waals surface area contributed by atoms with Gasteiger partial charge in [0.25, 0.3) is 5.91 Å². The summed E-state index contributed by atoms with van der Waals surface area (Å²) in [5.41, 5.74) is 2.26. The third kappa shape index (κ3) is 5.86. The maximum absolute atomic E-state index is 13.6. The second-order valence-corrected chi connectivity index (χ2v) is 10.9. The molecule has 0 N–H and O–H groups in total. The molecule has 0 aliphatic carbocycles. The minimum absolute atomic E-state index is 0. The molecule has 0 aliphatic heterocycles. The first-order chi connectivity index (χ1) is 14.8. The number of aromatic nitrogens is 1. The first-order valence-corrected chi connectivity index (χ1v) is 12.9. The van der Waals surface area contributed by atoms with Gasteiger partial charge in [0, 0.05) is 6.54 Å². The van der Waals surface area contributed by atoms with Gasteiger partial charge in [0.15, 0.2) is 15.0 Å². The Morgan fingerprint density at radius 3 is 2.44 bits per heavy atom. The van der Waals surface area contributed by atoms with Crippen LogP contribution in [0.1, 0.15) is 36.2 Å². The van der Waals surface area contributed by atoms with Gasteiger partial charge in [-0.2, -0.15) is 0 Å². The van der Waals surface area contributed by atoms with Crippen molar-refractivity contribution in [2.45, 2.75) is 31.6 Å². The average molecular weight is 496 g/mol. The van der Waals surface area contributed by atoms with Crippen molar-refractivity contribution in [3.05, 3.63) is 53.6 Å². The number of sulfone groups is 1. The van der Waals surface area contributed by atoms with Gasteiger partial charge in [-0.15, -0.1) is 12.4 Å². The molecular formula is C23H30ClN3O3S2. The molecule has 9 heteroatoms. The van der Waals surface area contributed by atoms with E-state index in [-0.39, 0.29) is 34.5 Å². The normalized spacial score (nSPS) is 11.5. The number of rotatable bonds is 9. The summed E-state index contributed by atoms with van der Waals surface area (Å²) < 4.78 is 26.2. The van der Waals surface area contributed by atoms with Crippen LogP contribution in [-0.4, -0.2) is 57.1 Å². The van der Waals surface area contributed by atoms with Crippen molar-refractivity contribution in [3.8, 4) is 0 Å². The first kappa shape index (κ1) is 26.3. The summed E-state index contributed by atoms with van der Waals surface area (Å²) in [6.07, 6.45) is 1.68. The number of hydrogen-bond acceptors (Lipinski definition) is 6. The maximum Gasteiger partial charge on any atom is 0.261 e. The minimum atomic E-state index is -3.53. The van der Waals surface area contributed by atoms with E-state index >= 15 is 0 Å². The molecule has 0 bridgehead atoms. The van der Waals surface area contributed by atoms with E-state index in [1.807, 2.05) is 26.2 Å². The molecular weight excluding hydrogens is 466 g/mol. The molecule has 0 saturated carbocycles. The van der Waals surface area contributed by atoms with Crippen LogP contribution in [-0.2, 0) is 16.3 Å². The molecule has 1 heterocycles. The van der Waals surface area contributed by atoms with Crippen molar-refractivity contribution in [1.82, 2.24) is 9.88 Å². The third-order valence-corrected chi connectivity index (χ3v) is 7.97. The molecule has 0 aliphatic rings. The third-order valence-electron chi connectivity index (χ3n) is 5.15. The van der Waals surface area contributed by atoms with E-state index in [2.05, 4.69) is 17.9 Å². The zero-order chi connectivity index (χ0) is 22.6. The lowest BCUT2D eigenvalue weighted by atomic mass is 10.2. The number of benzene rings is 2. The predicted octanol–water partition coefficient (Wildman–Crippen LogP) is 4.67. The second kappa shape index (κ2) is 11.2. The number of halogens is 1. The number of carbonyl (C=O) groups excluding carboxylic acids is 1. The standard InChI is InChI=1S/C23H29N3O3S2.ClH/c1-5-17-12-13-19-20(16-17)30-23(24-19)26(15-9-14-25(3)4)22(27)18-10-7-8-11-21(18)31(28,29)6-2;/h7-8,10-13,16H,5-6,9,14-15H2,1-4H3;1H. The van der Waals surface area contributed by atoms with Gasteiger partial charge in [-0.3, -0.25) is 9.69 Å². The summed E-state index contributed by atoms with van der Waals surface area (Å²) in [6.45, 7) is 4.96. The number of anilines is 1. The number of amides is 1. The van der Waals surface area contributed by atoms with Crippen molar-refractivity contribution in [1.29, 1.82) is 0 Å². The molecule has 0 saturated heterocycles. The Morgan fingerprint density at radius 1 is 1.06 bits per heavy atom. The number of hydrogen-bond donors (Lipinski definition) is 0. The smallest absolute Gasteiger partial charge is 0.261 e. The average Bonchev–Trinajstić information content (AvgIpc) is 3.18. The van der Waals surface area contributed by atoms with Crippen molar-refractivity contribution in [3.63, 3.8) is 0 Å². The quantitative estimate of drug-likeness (QED) is 0.431. The van der Waals surface area contributed by atoms with E-state index in [0.717, 1.165) is 29.6 Å². The number of nitrogens with zero attached hydrogens (tertiary/aromatic N) is 3. The van der Waals surface area contributed by atoms with Gasteiger partial charge in [0.1, 0.15) is 0 Å². The molecule has 6 nitrogen and oxygen atoms in total. The highest BCUT2D eigenvalue weighted by molar-refractivity contribution is 7.91. The molecule has 1 aromatic heterocycles. The molecule has 32 heavy (non-hydrogen) atoms. The molecule has 0 fully saturated rings. The fraction of sp³-hybridized carbons (Fsp3) is 0.391. The Morgan fingerprint density at radius 2 is 1.78 bits per heavy atom. The van der Waals surface area contributed by atoms with E-state index in [4.69, 9.17) is 4.98 Å². The lowest BCUT2D eigenvalue weighted by Crippen LogP contribution is -2.34. The molecule has 2 aromatic carbocycles. The van der Waals surface area contributed by atoms with E-state index in [0.29, 0.717) is 11.7 Å². The zero-order valence-electron chi connectivity index (χ0n) is 18.9. The summed E-state index contributed by atoms with van der Waals surface area (Å²) in [7, 11) is 0.441. The van der Waals surface area contributed by atoms with Crippen molar-refractivity contribution < 1.29 is 13.2 Å². The van der Waals surface area contributed by atoms with Crippen LogP contribution in [0.2, 0.25) is 0 Å². The molecule has 3 aromatic rings. The Kier molecular flexibility index (Phi) is 9.21. The van der Waals surface area contributed by atoms with Gasteiger partial charge in [-0.05, 0) is 63.3 Å². The maximum atomic E-state index is 13.6. The molecule has 1 amide bonds. The highest BCUT2D eigenvalue weighted by atomic mass is 35.5. The molecule has 0 unspecified atom stereocenters. The first-order valence-electron chi connectivity index (χ1n) is 10.4. The Labute approximate surface area is 200 Å². The van der Waals surface area contributed by atoms with Gasteiger partial charge in [0.05, 0.1) is 26.4 Å². The molecule has 3 rings (SSSR count). The fourth-order valence-corrected chi connectivity index (χ4v) is 5.48. The summed E-state index contributed by atoms with van der Waals surface area (Å²) in [6, 6.07) is 12.6. The number of aryl methyl sites for hydroxylation is 1. The van der Waals surface area contributed by atoms with Crippen LogP contribution in [0.4, 0.5) is 5.13 Å². The zero-order valence-corrected chi connectivity index (χ0v) is 21.3. The Balaban J connectivity index is 0.00000363. The number of fused-ring (bicyclic) bond motifs is 1. The lowest BCUT2D eigenvalue weighted by Gasteiger charge is -2.22. The van der Waals surface area contributed by atoms with Crippen LogP contribution < -0.4 is 4.90 Å². The van der Waals surface area contributed by atoms with E-state index in [1.54, 1.807) is 30.0 Å². The van der Waals surface area contributed by atoms with Gasteiger partial charge < -0.3 is 4.90 Å². The molecule has 174 valence electrons. The van der Waals surface area contributed by atoms with E-state index in [1.165, 1.54) is 23.0 Å². The number of carbonyl (C=O) groups is 1. The SMILES string of the molecule is CCc1ccc2nc(N(CCCN(C)C)C(=O)c3ccccc3S(=O)(=O)CC)sc2c1.Cl. The Hall–Kier alpha value is -2.00.